The normalized spacial score (nSPS) is 19.3. The molecule has 2 rings (SSSR count). The number of aliphatic hydroxyl groups excluding tert-OH is 1. The maximum absolute atomic E-state index is 12.5. The van der Waals surface area contributed by atoms with E-state index < -0.39 is 18.1 Å². The Hall–Kier alpha value is -2.81. The molecule has 1 aromatic carbocycles. The molecule has 154 valence electrons. The number of urea groups is 1. The molecule has 0 spiro atoms. The van der Waals surface area contributed by atoms with Gasteiger partial charge in [0, 0.05) is 25.2 Å². The van der Waals surface area contributed by atoms with Crippen molar-refractivity contribution in [1.82, 2.24) is 15.5 Å². The van der Waals surface area contributed by atoms with Crippen LogP contribution in [-0.2, 0) is 9.53 Å². The van der Waals surface area contributed by atoms with Crippen molar-refractivity contribution in [3.8, 4) is 5.75 Å². The van der Waals surface area contributed by atoms with Crippen LogP contribution < -0.4 is 15.4 Å². The van der Waals surface area contributed by atoms with E-state index in [0.29, 0.717) is 37.2 Å². The highest BCUT2D eigenvalue weighted by Gasteiger charge is 2.29. The number of hydrogen-bond donors (Lipinski definition) is 3. The number of methoxy groups -OCH3 is 1. The molecule has 9 nitrogen and oxygen atoms in total. The Morgan fingerprint density at radius 2 is 1.96 bits per heavy atom. The molecule has 1 aromatic rings. The molecule has 1 fully saturated rings. The number of nitrogens with one attached hydrogen (secondary N) is 2. The minimum absolute atomic E-state index is 0.206. The molecule has 1 aliphatic heterocycles. The summed E-state index contributed by atoms with van der Waals surface area (Å²) < 4.78 is 9.74. The Balaban J connectivity index is 1.97. The number of aliphatic hydroxyl groups is 1. The first-order valence-electron chi connectivity index (χ1n) is 9.26. The van der Waals surface area contributed by atoms with Gasteiger partial charge in [-0.25, -0.2) is 9.59 Å². The molecule has 28 heavy (non-hydrogen) atoms. The summed E-state index contributed by atoms with van der Waals surface area (Å²) in [5.74, 6) is -0.430. The lowest BCUT2D eigenvalue weighted by Crippen LogP contribution is -2.51. The molecule has 3 N–H and O–H groups in total. The van der Waals surface area contributed by atoms with Gasteiger partial charge in [-0.15, -0.1) is 0 Å². The van der Waals surface area contributed by atoms with Gasteiger partial charge in [0.1, 0.15) is 5.75 Å². The summed E-state index contributed by atoms with van der Waals surface area (Å²) in [5, 5.41) is 15.9. The van der Waals surface area contributed by atoms with Crippen LogP contribution in [0.3, 0.4) is 0 Å². The van der Waals surface area contributed by atoms with Crippen molar-refractivity contribution in [3.05, 3.63) is 29.8 Å². The Bertz CT molecular complexity index is 679. The fraction of sp³-hybridized carbons (Fsp3) is 0.526. The molecule has 0 unspecified atom stereocenters. The van der Waals surface area contributed by atoms with Crippen molar-refractivity contribution >= 4 is 17.9 Å². The van der Waals surface area contributed by atoms with Crippen LogP contribution in [-0.4, -0.2) is 73.4 Å². The number of rotatable bonds is 6. The van der Waals surface area contributed by atoms with Gasteiger partial charge in [-0.3, -0.25) is 4.79 Å². The van der Waals surface area contributed by atoms with Crippen LogP contribution in [0.5, 0.6) is 5.75 Å². The Labute approximate surface area is 164 Å². The minimum atomic E-state index is -0.731. The van der Waals surface area contributed by atoms with E-state index in [2.05, 4.69) is 15.4 Å². The smallest absolute Gasteiger partial charge is 0.343 e. The molecule has 1 saturated heterocycles. The lowest BCUT2D eigenvalue weighted by molar-refractivity contribution is -0.142. The number of esters is 1. The fourth-order valence-electron chi connectivity index (χ4n) is 2.89. The lowest BCUT2D eigenvalue weighted by atomic mass is 10.1. The molecule has 3 amide bonds. The Morgan fingerprint density at radius 3 is 2.61 bits per heavy atom. The summed E-state index contributed by atoms with van der Waals surface area (Å²) >= 11 is 0. The summed E-state index contributed by atoms with van der Waals surface area (Å²) in [6.45, 7) is 2.90. The monoisotopic (exact) mass is 393 g/mol. The van der Waals surface area contributed by atoms with Crippen LogP contribution >= 0.6 is 0 Å². The molecule has 1 aliphatic rings. The average molecular weight is 393 g/mol. The number of hydrogen-bond acceptors (Lipinski definition) is 6. The minimum Gasteiger partial charge on any atom is -0.482 e. The van der Waals surface area contributed by atoms with Crippen molar-refractivity contribution in [3.63, 3.8) is 0 Å². The van der Waals surface area contributed by atoms with E-state index in [9.17, 15) is 19.5 Å². The van der Waals surface area contributed by atoms with E-state index in [0.717, 1.165) is 0 Å². The molecule has 1 heterocycles. The number of likely N-dealkylation sites (tertiary alicyclic amines) is 1. The van der Waals surface area contributed by atoms with Crippen LogP contribution in [0.4, 0.5) is 4.79 Å². The van der Waals surface area contributed by atoms with Crippen molar-refractivity contribution in [2.75, 3.05) is 33.4 Å². The molecule has 2 atom stereocenters. The van der Waals surface area contributed by atoms with Gasteiger partial charge in [0.25, 0.3) is 5.91 Å². The first kappa shape index (κ1) is 21.5. The quantitative estimate of drug-likeness (QED) is 0.607. The van der Waals surface area contributed by atoms with Gasteiger partial charge in [-0.2, -0.15) is 0 Å². The van der Waals surface area contributed by atoms with Crippen molar-refractivity contribution < 1.29 is 29.0 Å². The van der Waals surface area contributed by atoms with Crippen molar-refractivity contribution in [1.29, 1.82) is 0 Å². The highest BCUT2D eigenvalue weighted by molar-refractivity contribution is 5.94. The number of carbonyl (C=O) groups is 3. The molecule has 0 aromatic heterocycles. The number of ether oxygens (including phenoxy) is 2. The maximum Gasteiger partial charge on any atom is 0.343 e. The summed E-state index contributed by atoms with van der Waals surface area (Å²) in [6, 6.07) is 5.50. The Morgan fingerprint density at radius 1 is 1.25 bits per heavy atom. The summed E-state index contributed by atoms with van der Waals surface area (Å²) in [6.07, 6.45) is 0.434. The largest absolute Gasteiger partial charge is 0.482 e. The molecular weight excluding hydrogens is 366 g/mol. The zero-order valence-electron chi connectivity index (χ0n) is 16.1. The van der Waals surface area contributed by atoms with Crippen molar-refractivity contribution in [2.45, 2.75) is 31.9 Å². The van der Waals surface area contributed by atoms with Gasteiger partial charge in [-0.05, 0) is 44.0 Å². The zero-order chi connectivity index (χ0) is 20.5. The van der Waals surface area contributed by atoms with E-state index >= 15 is 0 Å². The molecule has 0 radical (unpaired) electrons. The van der Waals surface area contributed by atoms with Gasteiger partial charge in [0.05, 0.1) is 19.3 Å². The predicted molar refractivity (Wildman–Crippen MR) is 101 cm³/mol. The van der Waals surface area contributed by atoms with Crippen LogP contribution in [0, 0.1) is 0 Å². The highest BCUT2D eigenvalue weighted by Crippen LogP contribution is 2.15. The zero-order valence-corrected chi connectivity index (χ0v) is 16.1. The third-order valence-electron chi connectivity index (χ3n) is 4.44. The van der Waals surface area contributed by atoms with E-state index in [1.165, 1.54) is 7.11 Å². The van der Waals surface area contributed by atoms with E-state index in [4.69, 9.17) is 4.74 Å². The topological polar surface area (TPSA) is 117 Å². The van der Waals surface area contributed by atoms with Crippen LogP contribution in [0.15, 0.2) is 24.3 Å². The van der Waals surface area contributed by atoms with Crippen LogP contribution in [0.25, 0.3) is 0 Å². The molecule has 0 saturated carbocycles. The summed E-state index contributed by atoms with van der Waals surface area (Å²) in [7, 11) is 1.27. The van der Waals surface area contributed by atoms with Crippen LogP contribution in [0.2, 0.25) is 0 Å². The molecule has 0 aliphatic carbocycles. The van der Waals surface area contributed by atoms with Gasteiger partial charge in [0.15, 0.2) is 6.61 Å². The third kappa shape index (κ3) is 6.12. The second-order valence-corrected chi connectivity index (χ2v) is 6.46. The lowest BCUT2D eigenvalue weighted by Gasteiger charge is -2.27. The SMILES string of the molecule is CCNC(=O)N1CCC[C@@H](O)[C@H](NC(=O)c2ccc(OCC(=O)OC)cc2)C1. The predicted octanol–water partition coefficient (Wildman–Crippen LogP) is 0.523. The van der Waals surface area contributed by atoms with E-state index in [-0.39, 0.29) is 25.1 Å². The standard InChI is InChI=1S/C19H27N3O6/c1-3-20-19(26)22-10-4-5-16(23)15(11-22)21-18(25)13-6-8-14(9-7-13)28-12-17(24)27-2/h6-9,15-16,23H,3-5,10-12H2,1-2H3,(H,20,26)(H,21,25)/t15-,16-/m1/s1. The molecular formula is C19H27N3O6. The summed E-state index contributed by atoms with van der Waals surface area (Å²) in [4.78, 5) is 37.3. The van der Waals surface area contributed by atoms with Gasteiger partial charge in [0.2, 0.25) is 0 Å². The van der Waals surface area contributed by atoms with E-state index in [1.807, 2.05) is 6.92 Å². The molecule has 9 heteroatoms. The number of amides is 3. The number of benzene rings is 1. The van der Waals surface area contributed by atoms with E-state index in [1.54, 1.807) is 29.2 Å². The second kappa shape index (κ2) is 10.5. The number of carbonyl (C=O) groups excluding carboxylic acids is 3. The average Bonchev–Trinajstić information content (AvgIpc) is 2.88. The third-order valence-corrected chi connectivity index (χ3v) is 4.44. The van der Waals surface area contributed by atoms with Crippen molar-refractivity contribution in [2.24, 2.45) is 0 Å². The van der Waals surface area contributed by atoms with Gasteiger partial charge >= 0.3 is 12.0 Å². The van der Waals surface area contributed by atoms with Gasteiger partial charge < -0.3 is 30.1 Å². The first-order valence-corrected chi connectivity index (χ1v) is 9.26. The molecule has 0 bridgehead atoms. The first-order chi connectivity index (χ1) is 13.4. The van der Waals surface area contributed by atoms with Gasteiger partial charge in [-0.1, -0.05) is 0 Å². The fourth-order valence-corrected chi connectivity index (χ4v) is 2.89. The van der Waals surface area contributed by atoms with Crippen LogP contribution in [0.1, 0.15) is 30.1 Å². The Kier molecular flexibility index (Phi) is 8.06. The number of nitrogens with zero attached hydrogens (tertiary/aromatic N) is 1. The summed E-state index contributed by atoms with van der Waals surface area (Å²) in [5.41, 5.74) is 0.381. The highest BCUT2D eigenvalue weighted by atomic mass is 16.6. The second-order valence-electron chi connectivity index (χ2n) is 6.46. The maximum atomic E-state index is 12.5.